The topological polar surface area (TPSA) is 85.4 Å². The van der Waals surface area contributed by atoms with Crippen molar-refractivity contribution in [2.75, 3.05) is 18.0 Å². The third-order valence-electron chi connectivity index (χ3n) is 8.29. The largest absolute Gasteiger partial charge is 0.487 e. The van der Waals surface area contributed by atoms with Crippen molar-refractivity contribution in [2.24, 2.45) is 13.0 Å². The molecule has 2 aliphatic rings. The second-order valence-electron chi connectivity index (χ2n) is 11.0. The Bertz CT molecular complexity index is 1450. The molecule has 39 heavy (non-hydrogen) atoms. The van der Waals surface area contributed by atoms with Crippen LogP contribution in [0.3, 0.4) is 0 Å². The first kappa shape index (κ1) is 25.5. The summed E-state index contributed by atoms with van der Waals surface area (Å²) in [6.07, 6.45) is 9.21. The molecule has 2 atom stereocenters. The predicted molar refractivity (Wildman–Crippen MR) is 151 cm³/mol. The first-order valence-corrected chi connectivity index (χ1v) is 14.2. The first-order chi connectivity index (χ1) is 19.0. The summed E-state index contributed by atoms with van der Waals surface area (Å²) in [6.45, 7) is 3.22. The third kappa shape index (κ3) is 5.51. The highest BCUT2D eigenvalue weighted by Crippen LogP contribution is 2.39. The number of imidazole rings is 1. The summed E-state index contributed by atoms with van der Waals surface area (Å²) < 4.78 is 10.1. The van der Waals surface area contributed by atoms with Crippen LogP contribution in [0.2, 0.25) is 0 Å². The fourth-order valence-electron chi connectivity index (χ4n) is 6.28. The van der Waals surface area contributed by atoms with E-state index in [4.69, 9.17) is 9.72 Å². The van der Waals surface area contributed by atoms with Crippen molar-refractivity contribution < 1.29 is 14.6 Å². The van der Waals surface area contributed by atoms with Gasteiger partial charge in [-0.1, -0.05) is 25.0 Å². The molecule has 4 aromatic rings. The van der Waals surface area contributed by atoms with Crippen molar-refractivity contribution in [2.45, 2.75) is 64.0 Å². The second-order valence-corrected chi connectivity index (χ2v) is 11.0. The molecule has 0 bridgehead atoms. The number of carbonyl (C=O) groups is 1. The van der Waals surface area contributed by atoms with Crippen molar-refractivity contribution in [3.63, 3.8) is 0 Å². The van der Waals surface area contributed by atoms with Gasteiger partial charge in [-0.3, -0.25) is 9.48 Å². The molecule has 6 rings (SSSR count). The number of fused-ring (bicyclic) bond motifs is 1. The van der Waals surface area contributed by atoms with Gasteiger partial charge < -0.3 is 19.3 Å². The maximum Gasteiger partial charge on any atom is 0.307 e. The molecule has 0 radical (unpaired) electrons. The lowest BCUT2D eigenvalue weighted by atomic mass is 9.78. The number of ether oxygens (including phenoxy) is 1. The Morgan fingerprint density at radius 3 is 2.67 bits per heavy atom. The van der Waals surface area contributed by atoms with Crippen LogP contribution in [-0.2, 0) is 25.0 Å². The molecule has 1 aliphatic heterocycles. The summed E-state index contributed by atoms with van der Waals surface area (Å²) in [5, 5.41) is 14.5. The minimum absolute atomic E-state index is 0.105. The number of benzene rings is 2. The SMILES string of the molecule is Cn1ccc(COc2ccc3nc([C@H]4CCCC[C@H]4C(=O)O)n(Cc4cccc(N5CCCCC5)c4)c3c2)n1. The molecule has 0 spiro atoms. The lowest BCUT2D eigenvalue weighted by Crippen LogP contribution is -2.29. The maximum absolute atomic E-state index is 12.2. The Kier molecular flexibility index (Phi) is 7.26. The van der Waals surface area contributed by atoms with Crippen molar-refractivity contribution in [3.05, 3.63) is 71.8 Å². The van der Waals surface area contributed by atoms with Crippen LogP contribution in [0.15, 0.2) is 54.7 Å². The number of nitrogens with zero attached hydrogens (tertiary/aromatic N) is 5. The van der Waals surface area contributed by atoms with Crippen molar-refractivity contribution >= 4 is 22.7 Å². The van der Waals surface area contributed by atoms with Gasteiger partial charge in [0.15, 0.2) is 0 Å². The lowest BCUT2D eigenvalue weighted by Gasteiger charge is -2.30. The van der Waals surface area contributed by atoms with Gasteiger partial charge >= 0.3 is 5.97 Å². The maximum atomic E-state index is 12.2. The number of carboxylic acids is 1. The van der Waals surface area contributed by atoms with Gasteiger partial charge in [-0.25, -0.2) is 4.98 Å². The van der Waals surface area contributed by atoms with Gasteiger partial charge in [0.1, 0.15) is 18.2 Å². The molecule has 2 aromatic heterocycles. The number of hydrogen-bond acceptors (Lipinski definition) is 5. The zero-order chi connectivity index (χ0) is 26.8. The van der Waals surface area contributed by atoms with Crippen LogP contribution in [0.4, 0.5) is 5.69 Å². The van der Waals surface area contributed by atoms with Crippen LogP contribution in [0.1, 0.15) is 67.9 Å². The predicted octanol–water partition coefficient (Wildman–Crippen LogP) is 5.75. The molecule has 1 N–H and O–H groups in total. The molecule has 8 heteroatoms. The smallest absolute Gasteiger partial charge is 0.307 e. The molecular weight excluding hydrogens is 490 g/mol. The molecule has 1 saturated heterocycles. The van der Waals surface area contributed by atoms with E-state index in [2.05, 4.69) is 38.8 Å². The van der Waals surface area contributed by atoms with E-state index in [9.17, 15) is 9.90 Å². The zero-order valence-corrected chi connectivity index (χ0v) is 22.6. The molecular formula is C31H37N5O3. The van der Waals surface area contributed by atoms with E-state index in [0.29, 0.717) is 19.6 Å². The minimum atomic E-state index is -0.718. The Morgan fingerprint density at radius 1 is 1.03 bits per heavy atom. The third-order valence-corrected chi connectivity index (χ3v) is 8.29. The van der Waals surface area contributed by atoms with Crippen molar-refractivity contribution in [3.8, 4) is 5.75 Å². The average Bonchev–Trinajstić information content (AvgIpc) is 3.55. The molecule has 204 valence electrons. The normalized spacial score (nSPS) is 19.9. The standard InChI is InChI=1S/C31H37N5O3/c1-34-17-14-23(33-34)21-39-25-12-13-28-29(19-25)36(30(32-28)26-10-3-4-11-27(26)31(37)38)20-22-8-7-9-24(18-22)35-15-5-2-6-16-35/h7-9,12-14,17-19,26-27H,2-6,10-11,15-16,20-21H2,1H3,(H,37,38)/t26-,27+/m0/s1. The number of rotatable bonds is 8. The van der Waals surface area contributed by atoms with Crippen LogP contribution in [0.25, 0.3) is 11.0 Å². The number of hydrogen-bond donors (Lipinski definition) is 1. The zero-order valence-electron chi connectivity index (χ0n) is 22.6. The highest BCUT2D eigenvalue weighted by atomic mass is 16.5. The summed E-state index contributed by atoms with van der Waals surface area (Å²) in [6, 6.07) is 16.7. The first-order valence-electron chi connectivity index (χ1n) is 14.2. The summed E-state index contributed by atoms with van der Waals surface area (Å²) in [5.74, 6) is 0.397. The van der Waals surface area contributed by atoms with Crippen LogP contribution >= 0.6 is 0 Å². The molecule has 8 nitrogen and oxygen atoms in total. The quantitative estimate of drug-likeness (QED) is 0.314. The van der Waals surface area contributed by atoms with Gasteiger partial charge in [-0.05, 0) is 68.0 Å². The Balaban J connectivity index is 1.37. The molecule has 2 fully saturated rings. The Hall–Kier alpha value is -3.81. The fourth-order valence-corrected chi connectivity index (χ4v) is 6.28. The molecule has 1 aliphatic carbocycles. The van der Waals surface area contributed by atoms with E-state index in [1.165, 1.54) is 30.5 Å². The van der Waals surface area contributed by atoms with Crippen LogP contribution < -0.4 is 9.64 Å². The summed E-state index contributed by atoms with van der Waals surface area (Å²) in [4.78, 5) is 19.8. The monoisotopic (exact) mass is 527 g/mol. The number of aromatic nitrogens is 4. The van der Waals surface area contributed by atoms with Gasteiger partial charge in [0.05, 0.1) is 22.6 Å². The van der Waals surface area contributed by atoms with Gasteiger partial charge in [0.2, 0.25) is 0 Å². The molecule has 3 heterocycles. The number of aryl methyl sites for hydroxylation is 1. The van der Waals surface area contributed by atoms with Crippen LogP contribution in [0.5, 0.6) is 5.75 Å². The Morgan fingerprint density at radius 2 is 1.87 bits per heavy atom. The van der Waals surface area contributed by atoms with Crippen molar-refractivity contribution in [1.82, 2.24) is 19.3 Å². The summed E-state index contributed by atoms with van der Waals surface area (Å²) >= 11 is 0. The van der Waals surface area contributed by atoms with Gasteiger partial charge in [0.25, 0.3) is 0 Å². The van der Waals surface area contributed by atoms with Crippen molar-refractivity contribution in [1.29, 1.82) is 0 Å². The molecule has 2 aromatic carbocycles. The van der Waals surface area contributed by atoms with Crippen LogP contribution in [-0.4, -0.2) is 43.5 Å². The number of anilines is 1. The number of carboxylic acid groups (broad SMARTS) is 1. The van der Waals surface area contributed by atoms with Gasteiger partial charge in [-0.2, -0.15) is 5.10 Å². The number of aliphatic carboxylic acids is 1. The molecule has 0 amide bonds. The minimum Gasteiger partial charge on any atom is -0.487 e. The van der Waals surface area contributed by atoms with Gasteiger partial charge in [-0.15, -0.1) is 0 Å². The fraction of sp³-hybridized carbons (Fsp3) is 0.452. The summed E-state index contributed by atoms with van der Waals surface area (Å²) in [7, 11) is 1.89. The van der Waals surface area contributed by atoms with E-state index in [-0.39, 0.29) is 5.92 Å². The van der Waals surface area contributed by atoms with E-state index >= 15 is 0 Å². The van der Waals surface area contributed by atoms with E-state index in [1.807, 2.05) is 37.5 Å². The second kappa shape index (κ2) is 11.1. The summed E-state index contributed by atoms with van der Waals surface area (Å²) in [5.41, 5.74) is 5.17. The highest BCUT2D eigenvalue weighted by molar-refractivity contribution is 5.79. The lowest BCUT2D eigenvalue weighted by molar-refractivity contribution is -0.143. The molecule has 1 saturated carbocycles. The van der Waals surface area contributed by atoms with E-state index < -0.39 is 11.9 Å². The number of piperidine rings is 1. The van der Waals surface area contributed by atoms with E-state index in [0.717, 1.165) is 60.7 Å². The van der Waals surface area contributed by atoms with Crippen LogP contribution in [0, 0.1) is 5.92 Å². The average molecular weight is 528 g/mol. The molecule has 0 unspecified atom stereocenters. The van der Waals surface area contributed by atoms with E-state index in [1.54, 1.807) is 4.68 Å². The van der Waals surface area contributed by atoms with Gasteiger partial charge in [0, 0.05) is 50.6 Å². The highest BCUT2D eigenvalue weighted by Gasteiger charge is 2.35. The Labute approximate surface area is 229 Å².